The van der Waals surface area contributed by atoms with Crippen LogP contribution in [0.25, 0.3) is 0 Å². The first-order valence-corrected chi connectivity index (χ1v) is 4.17. The molecule has 4 nitrogen and oxygen atoms in total. The summed E-state index contributed by atoms with van der Waals surface area (Å²) in [5, 5.41) is 13.0. The van der Waals surface area contributed by atoms with Crippen LogP contribution in [0.2, 0.25) is 0 Å². The maximum atomic E-state index is 12.3. The van der Waals surface area contributed by atoms with Crippen LogP contribution < -0.4 is 4.74 Å². The molecular formula is C8H12F2N2O2. The predicted molar refractivity (Wildman–Crippen MR) is 45.4 cm³/mol. The Hall–Kier alpha value is -1.17. The van der Waals surface area contributed by atoms with Crippen molar-refractivity contribution in [2.45, 2.75) is 26.0 Å². The van der Waals surface area contributed by atoms with Crippen molar-refractivity contribution >= 4 is 0 Å². The van der Waals surface area contributed by atoms with Crippen molar-refractivity contribution in [3.8, 4) is 5.75 Å². The predicted octanol–water partition coefficient (Wildman–Crippen LogP) is 1.21. The molecule has 0 aliphatic rings. The van der Waals surface area contributed by atoms with Gasteiger partial charge in [-0.25, -0.2) is 8.78 Å². The van der Waals surface area contributed by atoms with Gasteiger partial charge in [-0.2, -0.15) is 5.10 Å². The van der Waals surface area contributed by atoms with Gasteiger partial charge in [0.2, 0.25) is 0 Å². The van der Waals surface area contributed by atoms with Gasteiger partial charge in [-0.05, 0) is 6.92 Å². The van der Waals surface area contributed by atoms with E-state index in [1.54, 1.807) is 6.92 Å². The van der Waals surface area contributed by atoms with E-state index in [-0.39, 0.29) is 11.4 Å². The molecule has 0 aliphatic carbocycles. The Morgan fingerprint density at radius 3 is 2.71 bits per heavy atom. The number of alkyl halides is 2. The van der Waals surface area contributed by atoms with E-state index < -0.39 is 12.5 Å². The number of nitrogens with zero attached hydrogens (tertiary/aromatic N) is 2. The molecule has 1 aromatic rings. The zero-order valence-corrected chi connectivity index (χ0v) is 7.94. The van der Waals surface area contributed by atoms with E-state index in [9.17, 15) is 13.9 Å². The Morgan fingerprint density at radius 1 is 1.64 bits per heavy atom. The van der Waals surface area contributed by atoms with Gasteiger partial charge < -0.3 is 9.84 Å². The van der Waals surface area contributed by atoms with Crippen molar-refractivity contribution in [3.05, 3.63) is 11.9 Å². The standard InChI is InChI=1S/C8H12F2N2O2/c1-3-12-6(7(13)8(9)10)5(14-2)4-11-12/h4,7-8,13H,3H2,1-2H3. The van der Waals surface area contributed by atoms with Crippen LogP contribution in [0, 0.1) is 0 Å². The highest BCUT2D eigenvalue weighted by atomic mass is 19.3. The van der Waals surface area contributed by atoms with Crippen molar-refractivity contribution in [1.82, 2.24) is 9.78 Å². The molecule has 80 valence electrons. The summed E-state index contributed by atoms with van der Waals surface area (Å²) in [6, 6.07) is 0. The molecule has 0 fully saturated rings. The lowest BCUT2D eigenvalue weighted by Gasteiger charge is -2.12. The molecule has 0 amide bonds. The third kappa shape index (κ3) is 1.84. The minimum Gasteiger partial charge on any atom is -0.493 e. The fourth-order valence-electron chi connectivity index (χ4n) is 1.20. The van der Waals surface area contributed by atoms with Crippen molar-refractivity contribution in [3.63, 3.8) is 0 Å². The highest BCUT2D eigenvalue weighted by molar-refractivity contribution is 5.27. The van der Waals surface area contributed by atoms with E-state index >= 15 is 0 Å². The summed E-state index contributed by atoms with van der Waals surface area (Å²) in [4.78, 5) is 0. The fraction of sp³-hybridized carbons (Fsp3) is 0.625. The van der Waals surface area contributed by atoms with Crippen molar-refractivity contribution in [2.75, 3.05) is 7.11 Å². The molecule has 1 rings (SSSR count). The largest absolute Gasteiger partial charge is 0.493 e. The molecule has 1 heterocycles. The maximum absolute atomic E-state index is 12.3. The van der Waals surface area contributed by atoms with Crippen LogP contribution in [0.15, 0.2) is 6.20 Å². The summed E-state index contributed by atoms with van der Waals surface area (Å²) in [6.07, 6.45) is -3.39. The summed E-state index contributed by atoms with van der Waals surface area (Å²) in [6.45, 7) is 2.15. The van der Waals surface area contributed by atoms with Gasteiger partial charge in [0.05, 0.1) is 13.3 Å². The fourth-order valence-corrected chi connectivity index (χ4v) is 1.20. The summed E-state index contributed by atoms with van der Waals surface area (Å²) in [5.41, 5.74) is 0.0185. The van der Waals surface area contributed by atoms with Gasteiger partial charge in [-0.15, -0.1) is 0 Å². The molecule has 0 radical (unpaired) electrons. The average Bonchev–Trinajstić information content (AvgIpc) is 2.58. The topological polar surface area (TPSA) is 47.3 Å². The Kier molecular flexibility index (Phi) is 3.40. The first kappa shape index (κ1) is 10.9. The second-order valence-electron chi connectivity index (χ2n) is 2.69. The summed E-state index contributed by atoms with van der Waals surface area (Å²) in [7, 11) is 1.35. The minimum absolute atomic E-state index is 0.0185. The summed E-state index contributed by atoms with van der Waals surface area (Å²) >= 11 is 0. The molecule has 1 N–H and O–H groups in total. The monoisotopic (exact) mass is 206 g/mol. The molecule has 0 bridgehead atoms. The number of aliphatic hydroxyl groups excluding tert-OH is 1. The van der Waals surface area contributed by atoms with E-state index in [2.05, 4.69) is 5.10 Å². The molecule has 14 heavy (non-hydrogen) atoms. The summed E-state index contributed by atoms with van der Waals surface area (Å²) < 4.78 is 30.7. The second-order valence-corrected chi connectivity index (χ2v) is 2.69. The first-order chi connectivity index (χ1) is 6.61. The van der Waals surface area contributed by atoms with Gasteiger partial charge in [0.1, 0.15) is 5.69 Å². The Morgan fingerprint density at radius 2 is 2.29 bits per heavy atom. The lowest BCUT2D eigenvalue weighted by Crippen LogP contribution is -2.15. The molecule has 0 spiro atoms. The second kappa shape index (κ2) is 4.36. The molecule has 1 aromatic heterocycles. The van der Waals surface area contributed by atoms with Crippen LogP contribution in [0.1, 0.15) is 18.7 Å². The molecule has 0 aromatic carbocycles. The van der Waals surface area contributed by atoms with Gasteiger partial charge in [-0.3, -0.25) is 4.68 Å². The van der Waals surface area contributed by atoms with Gasteiger partial charge in [0.25, 0.3) is 6.43 Å². The molecule has 0 saturated heterocycles. The van der Waals surface area contributed by atoms with Crippen LogP contribution in [-0.2, 0) is 6.54 Å². The van der Waals surface area contributed by atoms with Crippen molar-refractivity contribution in [2.24, 2.45) is 0 Å². The molecule has 0 aliphatic heterocycles. The number of aliphatic hydroxyl groups is 1. The number of halogens is 2. The van der Waals surface area contributed by atoms with Gasteiger partial charge in [0, 0.05) is 6.54 Å². The van der Waals surface area contributed by atoms with Crippen LogP contribution in [0.5, 0.6) is 5.75 Å². The first-order valence-electron chi connectivity index (χ1n) is 4.17. The molecule has 1 unspecified atom stereocenters. The number of aryl methyl sites for hydroxylation is 1. The van der Waals surface area contributed by atoms with Crippen molar-refractivity contribution in [1.29, 1.82) is 0 Å². The maximum Gasteiger partial charge on any atom is 0.269 e. The van der Waals surface area contributed by atoms with Gasteiger partial charge >= 0.3 is 0 Å². The number of rotatable bonds is 4. The SMILES string of the molecule is CCn1ncc(OC)c1C(O)C(F)F. The summed E-state index contributed by atoms with van der Waals surface area (Å²) in [5.74, 6) is 0.180. The highest BCUT2D eigenvalue weighted by Gasteiger charge is 2.27. The normalized spacial score (nSPS) is 13.3. The van der Waals surface area contributed by atoms with E-state index in [0.717, 1.165) is 0 Å². The van der Waals surface area contributed by atoms with E-state index in [0.29, 0.717) is 6.54 Å². The van der Waals surface area contributed by atoms with Crippen LogP contribution in [-0.4, -0.2) is 28.4 Å². The minimum atomic E-state index is -2.84. The molecule has 0 saturated carbocycles. The zero-order chi connectivity index (χ0) is 10.7. The third-order valence-electron chi connectivity index (χ3n) is 1.88. The van der Waals surface area contributed by atoms with E-state index in [4.69, 9.17) is 4.74 Å². The average molecular weight is 206 g/mol. The van der Waals surface area contributed by atoms with Gasteiger partial charge in [0.15, 0.2) is 11.9 Å². The van der Waals surface area contributed by atoms with E-state index in [1.807, 2.05) is 0 Å². The van der Waals surface area contributed by atoms with Crippen LogP contribution in [0.3, 0.4) is 0 Å². The number of hydrogen-bond acceptors (Lipinski definition) is 3. The lowest BCUT2D eigenvalue weighted by atomic mass is 10.2. The molecule has 6 heteroatoms. The Bertz CT molecular complexity index is 280. The smallest absolute Gasteiger partial charge is 0.269 e. The van der Waals surface area contributed by atoms with E-state index in [1.165, 1.54) is 18.0 Å². The van der Waals surface area contributed by atoms with Crippen LogP contribution >= 0.6 is 0 Å². The Balaban J connectivity index is 3.07. The quantitative estimate of drug-likeness (QED) is 0.805. The lowest BCUT2D eigenvalue weighted by molar-refractivity contribution is -0.0119. The van der Waals surface area contributed by atoms with Crippen LogP contribution in [0.4, 0.5) is 8.78 Å². The zero-order valence-electron chi connectivity index (χ0n) is 7.94. The molecular weight excluding hydrogens is 194 g/mol. The highest BCUT2D eigenvalue weighted by Crippen LogP contribution is 2.28. The Labute approximate surface area is 80.1 Å². The van der Waals surface area contributed by atoms with Gasteiger partial charge in [-0.1, -0.05) is 0 Å². The number of methoxy groups -OCH3 is 1. The third-order valence-corrected chi connectivity index (χ3v) is 1.88. The molecule has 1 atom stereocenters. The number of hydrogen-bond donors (Lipinski definition) is 1. The van der Waals surface area contributed by atoms with Crippen molar-refractivity contribution < 1.29 is 18.6 Å². The number of aromatic nitrogens is 2. The number of ether oxygens (including phenoxy) is 1.